The molecule has 0 radical (unpaired) electrons. The van der Waals surface area contributed by atoms with E-state index in [4.69, 9.17) is 4.74 Å². The second kappa shape index (κ2) is 3.95. The molecular formula is C19H13NO. The molecule has 0 N–H and O–H groups in total. The molecule has 1 aliphatic rings. The van der Waals surface area contributed by atoms with Gasteiger partial charge in [0.25, 0.3) is 0 Å². The van der Waals surface area contributed by atoms with Gasteiger partial charge in [0.2, 0.25) is 5.90 Å². The number of ether oxygens (including phenoxy) is 1. The Labute approximate surface area is 122 Å². The SMILES string of the molecule is c1cc2ccc3cc(C4=NCCO4)cc4ccc(c1)c2c34. The van der Waals surface area contributed by atoms with Gasteiger partial charge in [-0.25, -0.2) is 4.99 Å². The van der Waals surface area contributed by atoms with Crippen LogP contribution in [0.25, 0.3) is 32.3 Å². The van der Waals surface area contributed by atoms with E-state index in [-0.39, 0.29) is 0 Å². The summed E-state index contributed by atoms with van der Waals surface area (Å²) in [5.41, 5.74) is 1.08. The van der Waals surface area contributed by atoms with Gasteiger partial charge in [0.1, 0.15) is 6.61 Å². The predicted octanol–water partition coefficient (Wildman–Crippen LogP) is 4.36. The molecule has 0 atom stereocenters. The second-order valence-electron chi connectivity index (χ2n) is 5.54. The van der Waals surface area contributed by atoms with E-state index in [1.165, 1.54) is 32.3 Å². The summed E-state index contributed by atoms with van der Waals surface area (Å²) in [6.45, 7) is 1.46. The van der Waals surface area contributed by atoms with Crippen LogP contribution in [0.2, 0.25) is 0 Å². The summed E-state index contributed by atoms with van der Waals surface area (Å²) in [4.78, 5) is 4.44. The van der Waals surface area contributed by atoms with Crippen molar-refractivity contribution < 1.29 is 4.74 Å². The van der Waals surface area contributed by atoms with Gasteiger partial charge in [0.05, 0.1) is 6.54 Å². The van der Waals surface area contributed by atoms with Crippen LogP contribution in [-0.2, 0) is 4.74 Å². The average molecular weight is 271 g/mol. The highest BCUT2D eigenvalue weighted by molar-refractivity contribution is 6.24. The number of rotatable bonds is 1. The summed E-state index contributed by atoms with van der Waals surface area (Å²) in [5, 5.41) is 7.80. The van der Waals surface area contributed by atoms with Crippen molar-refractivity contribution in [1.29, 1.82) is 0 Å². The minimum absolute atomic E-state index is 0.695. The zero-order chi connectivity index (χ0) is 13.8. The van der Waals surface area contributed by atoms with E-state index in [1.54, 1.807) is 0 Å². The lowest BCUT2D eigenvalue weighted by atomic mass is 9.93. The quantitative estimate of drug-likeness (QED) is 0.471. The topological polar surface area (TPSA) is 21.6 Å². The Morgan fingerprint density at radius 2 is 1.38 bits per heavy atom. The van der Waals surface area contributed by atoms with Crippen LogP contribution in [0.3, 0.4) is 0 Å². The van der Waals surface area contributed by atoms with E-state index < -0.39 is 0 Å². The maximum absolute atomic E-state index is 5.62. The van der Waals surface area contributed by atoms with Crippen LogP contribution in [0.4, 0.5) is 0 Å². The summed E-state index contributed by atoms with van der Waals surface area (Å²) in [5.74, 6) is 0.778. The first-order chi connectivity index (χ1) is 10.4. The monoisotopic (exact) mass is 271 g/mol. The Kier molecular flexibility index (Phi) is 2.09. The first-order valence-electron chi connectivity index (χ1n) is 7.25. The predicted molar refractivity (Wildman–Crippen MR) is 87.5 cm³/mol. The van der Waals surface area contributed by atoms with Crippen LogP contribution in [0, 0.1) is 0 Å². The molecule has 2 nitrogen and oxygen atoms in total. The lowest BCUT2D eigenvalue weighted by Gasteiger charge is -2.12. The first-order valence-corrected chi connectivity index (χ1v) is 7.25. The van der Waals surface area contributed by atoms with Crippen LogP contribution in [0.5, 0.6) is 0 Å². The fourth-order valence-corrected chi connectivity index (χ4v) is 3.39. The molecule has 0 fully saturated rings. The first kappa shape index (κ1) is 11.1. The number of hydrogen-bond donors (Lipinski definition) is 0. The summed E-state index contributed by atoms with van der Waals surface area (Å²) >= 11 is 0. The van der Waals surface area contributed by atoms with Crippen molar-refractivity contribution in [3.8, 4) is 0 Å². The molecule has 4 aromatic rings. The van der Waals surface area contributed by atoms with Crippen molar-refractivity contribution in [2.75, 3.05) is 13.2 Å². The molecule has 0 aliphatic carbocycles. The van der Waals surface area contributed by atoms with Crippen molar-refractivity contribution >= 4 is 38.2 Å². The van der Waals surface area contributed by atoms with E-state index in [9.17, 15) is 0 Å². The fraction of sp³-hybridized carbons (Fsp3) is 0.105. The number of benzene rings is 4. The Bertz CT molecular complexity index is 952. The molecule has 21 heavy (non-hydrogen) atoms. The zero-order valence-electron chi connectivity index (χ0n) is 11.5. The lowest BCUT2D eigenvalue weighted by Crippen LogP contribution is -2.01. The van der Waals surface area contributed by atoms with Gasteiger partial charge in [0, 0.05) is 5.56 Å². The Balaban J connectivity index is 1.94. The number of aliphatic imine (C=N–C) groups is 1. The van der Waals surface area contributed by atoms with Crippen LogP contribution < -0.4 is 0 Å². The standard InChI is InChI=1S/C19H13NO/c1-2-12-4-6-14-10-16(19-20-8-9-21-19)11-15-7-5-13(3-1)17(12)18(14)15/h1-7,10-11H,8-9H2. The molecule has 5 rings (SSSR count). The molecule has 100 valence electrons. The molecule has 1 aliphatic heterocycles. The minimum atomic E-state index is 0.695. The van der Waals surface area contributed by atoms with Crippen molar-refractivity contribution in [2.24, 2.45) is 4.99 Å². The fourth-order valence-electron chi connectivity index (χ4n) is 3.39. The summed E-state index contributed by atoms with van der Waals surface area (Å²) in [6.07, 6.45) is 0. The van der Waals surface area contributed by atoms with Gasteiger partial charge in [-0.15, -0.1) is 0 Å². The Morgan fingerprint density at radius 3 is 2.00 bits per heavy atom. The zero-order valence-corrected chi connectivity index (χ0v) is 11.5. The van der Waals surface area contributed by atoms with Crippen molar-refractivity contribution in [3.63, 3.8) is 0 Å². The van der Waals surface area contributed by atoms with E-state index in [0.29, 0.717) is 6.61 Å². The highest BCUT2D eigenvalue weighted by Crippen LogP contribution is 2.35. The molecule has 0 amide bonds. The largest absolute Gasteiger partial charge is 0.476 e. The molecule has 0 saturated heterocycles. The highest BCUT2D eigenvalue weighted by Gasteiger charge is 2.14. The number of nitrogens with zero attached hydrogens (tertiary/aromatic N) is 1. The van der Waals surface area contributed by atoms with Gasteiger partial charge >= 0.3 is 0 Å². The molecule has 2 heteroatoms. The molecule has 0 spiro atoms. The van der Waals surface area contributed by atoms with Crippen LogP contribution in [-0.4, -0.2) is 19.0 Å². The van der Waals surface area contributed by atoms with E-state index in [0.717, 1.165) is 18.0 Å². The second-order valence-corrected chi connectivity index (χ2v) is 5.54. The summed E-state index contributed by atoms with van der Waals surface area (Å²) in [6, 6.07) is 19.7. The smallest absolute Gasteiger partial charge is 0.216 e. The van der Waals surface area contributed by atoms with Gasteiger partial charge in [-0.1, -0.05) is 42.5 Å². The van der Waals surface area contributed by atoms with Crippen LogP contribution in [0.1, 0.15) is 5.56 Å². The molecule has 4 aromatic carbocycles. The molecule has 0 bridgehead atoms. The van der Waals surface area contributed by atoms with Crippen molar-refractivity contribution in [3.05, 3.63) is 60.2 Å². The Hall–Kier alpha value is -2.61. The number of hydrogen-bond acceptors (Lipinski definition) is 2. The van der Waals surface area contributed by atoms with Gasteiger partial charge in [-0.05, 0) is 44.5 Å². The minimum Gasteiger partial charge on any atom is -0.476 e. The third-order valence-corrected chi connectivity index (χ3v) is 4.30. The molecule has 1 heterocycles. The molecule has 0 aromatic heterocycles. The average Bonchev–Trinajstić information content (AvgIpc) is 3.07. The van der Waals surface area contributed by atoms with Gasteiger partial charge < -0.3 is 4.74 Å². The summed E-state index contributed by atoms with van der Waals surface area (Å²) < 4.78 is 5.62. The maximum Gasteiger partial charge on any atom is 0.216 e. The molecular weight excluding hydrogens is 258 g/mol. The van der Waals surface area contributed by atoms with Crippen molar-refractivity contribution in [1.82, 2.24) is 0 Å². The van der Waals surface area contributed by atoms with E-state index in [2.05, 4.69) is 59.6 Å². The van der Waals surface area contributed by atoms with E-state index in [1.807, 2.05) is 0 Å². The normalized spacial score (nSPS) is 15.0. The third kappa shape index (κ3) is 1.50. The van der Waals surface area contributed by atoms with Crippen LogP contribution in [0.15, 0.2) is 59.6 Å². The molecule has 0 unspecified atom stereocenters. The highest BCUT2D eigenvalue weighted by atomic mass is 16.5. The van der Waals surface area contributed by atoms with Crippen LogP contribution >= 0.6 is 0 Å². The third-order valence-electron chi connectivity index (χ3n) is 4.30. The maximum atomic E-state index is 5.62. The van der Waals surface area contributed by atoms with Crippen molar-refractivity contribution in [2.45, 2.75) is 0 Å². The van der Waals surface area contributed by atoms with Gasteiger partial charge in [-0.3, -0.25) is 0 Å². The van der Waals surface area contributed by atoms with E-state index >= 15 is 0 Å². The Morgan fingerprint density at radius 1 is 0.762 bits per heavy atom. The molecule has 0 saturated carbocycles. The summed E-state index contributed by atoms with van der Waals surface area (Å²) in [7, 11) is 0. The van der Waals surface area contributed by atoms with Gasteiger partial charge in [0.15, 0.2) is 0 Å². The van der Waals surface area contributed by atoms with Gasteiger partial charge in [-0.2, -0.15) is 0 Å². The lowest BCUT2D eigenvalue weighted by molar-refractivity contribution is 0.348.